The predicted octanol–water partition coefficient (Wildman–Crippen LogP) is 1.57. The van der Waals surface area contributed by atoms with Crippen LogP contribution in [0.2, 0.25) is 0 Å². The molecule has 0 aromatic rings. The van der Waals surface area contributed by atoms with E-state index in [0.29, 0.717) is 12.3 Å². The summed E-state index contributed by atoms with van der Waals surface area (Å²) in [6, 6.07) is -0.230. The predicted molar refractivity (Wildman–Crippen MR) is 80.4 cm³/mol. The summed E-state index contributed by atoms with van der Waals surface area (Å²) in [5.41, 5.74) is -0.638. The lowest BCUT2D eigenvalue weighted by Gasteiger charge is -2.41. The van der Waals surface area contributed by atoms with Gasteiger partial charge in [-0.3, -0.25) is 14.5 Å². The third-order valence-corrected chi connectivity index (χ3v) is 3.23. The highest BCUT2D eigenvalue weighted by molar-refractivity contribution is 5.86. The third-order valence-electron chi connectivity index (χ3n) is 3.23. The second-order valence-electron chi connectivity index (χ2n) is 7.06. The van der Waals surface area contributed by atoms with Crippen molar-refractivity contribution in [3.63, 3.8) is 0 Å². The molecule has 7 heteroatoms. The number of carboxylic acid groups (broad SMARTS) is 1. The van der Waals surface area contributed by atoms with Gasteiger partial charge in [-0.25, -0.2) is 4.79 Å². The Morgan fingerprint density at radius 2 is 1.95 bits per heavy atom. The Balaban J connectivity index is 2.88. The molecule has 1 saturated heterocycles. The number of rotatable bonds is 4. The van der Waals surface area contributed by atoms with E-state index in [9.17, 15) is 14.4 Å². The number of hydrogen-bond donors (Lipinski definition) is 1. The zero-order valence-electron chi connectivity index (χ0n) is 14.0. The van der Waals surface area contributed by atoms with Crippen LogP contribution in [0.1, 0.15) is 41.0 Å². The lowest BCUT2D eigenvalue weighted by atomic mass is 10.00. The van der Waals surface area contributed by atoms with E-state index in [-0.39, 0.29) is 31.6 Å². The van der Waals surface area contributed by atoms with E-state index in [0.717, 1.165) is 0 Å². The van der Waals surface area contributed by atoms with Crippen molar-refractivity contribution in [1.29, 1.82) is 0 Å². The summed E-state index contributed by atoms with van der Waals surface area (Å²) in [5.74, 6) is -1.11. The van der Waals surface area contributed by atoms with Crippen LogP contribution < -0.4 is 0 Å². The summed E-state index contributed by atoms with van der Waals surface area (Å²) in [4.78, 5) is 37.9. The Hall–Kier alpha value is -1.79. The molecule has 2 amide bonds. The second kappa shape index (κ2) is 6.98. The number of hydrogen-bond acceptors (Lipinski definition) is 4. The fourth-order valence-corrected chi connectivity index (χ4v) is 2.43. The average Bonchev–Trinajstić information content (AvgIpc) is 2.29. The van der Waals surface area contributed by atoms with Gasteiger partial charge >= 0.3 is 12.1 Å². The van der Waals surface area contributed by atoms with Crippen LogP contribution in [0.15, 0.2) is 0 Å². The first-order chi connectivity index (χ1) is 9.99. The minimum absolute atomic E-state index is 0.139. The third kappa shape index (κ3) is 5.54. The zero-order chi connectivity index (χ0) is 17.1. The highest BCUT2D eigenvalue weighted by Crippen LogP contribution is 2.21. The molecule has 1 aliphatic rings. The van der Waals surface area contributed by atoms with Gasteiger partial charge in [-0.05, 0) is 33.1 Å². The number of aliphatic carboxylic acids is 1. The van der Waals surface area contributed by atoms with Crippen molar-refractivity contribution in [2.75, 3.05) is 19.6 Å². The molecule has 7 nitrogen and oxygen atoms in total. The molecule has 22 heavy (non-hydrogen) atoms. The minimum Gasteiger partial charge on any atom is -0.480 e. The zero-order valence-corrected chi connectivity index (χ0v) is 14.0. The van der Waals surface area contributed by atoms with Gasteiger partial charge in [0.15, 0.2) is 0 Å². The quantitative estimate of drug-likeness (QED) is 0.851. The monoisotopic (exact) mass is 314 g/mol. The number of nitrogens with zero attached hydrogens (tertiary/aromatic N) is 2. The van der Waals surface area contributed by atoms with Crippen LogP contribution in [-0.4, -0.2) is 64.2 Å². The lowest BCUT2D eigenvalue weighted by Crippen LogP contribution is -2.59. The van der Waals surface area contributed by atoms with Crippen LogP contribution in [-0.2, 0) is 14.3 Å². The summed E-state index contributed by atoms with van der Waals surface area (Å²) >= 11 is 0. The van der Waals surface area contributed by atoms with Crippen molar-refractivity contribution >= 4 is 18.0 Å². The minimum atomic E-state index is -1.05. The van der Waals surface area contributed by atoms with E-state index < -0.39 is 17.7 Å². The van der Waals surface area contributed by atoms with Crippen molar-refractivity contribution in [3.8, 4) is 0 Å². The van der Waals surface area contributed by atoms with Crippen LogP contribution in [0.5, 0.6) is 0 Å². The summed E-state index contributed by atoms with van der Waals surface area (Å²) in [5, 5.41) is 8.88. The average molecular weight is 314 g/mol. The van der Waals surface area contributed by atoms with Gasteiger partial charge in [-0.2, -0.15) is 0 Å². The fourth-order valence-electron chi connectivity index (χ4n) is 2.43. The van der Waals surface area contributed by atoms with Gasteiger partial charge in [0.1, 0.15) is 18.7 Å². The highest BCUT2D eigenvalue weighted by Gasteiger charge is 2.37. The number of amides is 2. The van der Waals surface area contributed by atoms with E-state index in [1.165, 1.54) is 9.80 Å². The van der Waals surface area contributed by atoms with Gasteiger partial charge in [0, 0.05) is 6.54 Å². The van der Waals surface area contributed by atoms with Crippen LogP contribution in [0.25, 0.3) is 0 Å². The molecule has 126 valence electrons. The topological polar surface area (TPSA) is 87.2 Å². The molecule has 0 unspecified atom stereocenters. The van der Waals surface area contributed by atoms with Crippen LogP contribution >= 0.6 is 0 Å². The second-order valence-corrected chi connectivity index (χ2v) is 7.06. The molecule has 0 spiro atoms. The molecule has 1 N–H and O–H groups in total. The maximum absolute atomic E-state index is 12.3. The standard InChI is InChI=1S/C15H26N2O5/c1-10(2)6-11-7-16(9-13(19)20)12(18)8-17(11)14(21)22-15(3,4)5/h10-11H,6-9H2,1-5H3,(H,19,20)/t11-/m0/s1. The van der Waals surface area contributed by atoms with Crippen LogP contribution in [0.4, 0.5) is 4.79 Å². The van der Waals surface area contributed by atoms with E-state index in [1.54, 1.807) is 20.8 Å². The number of carbonyl (C=O) groups excluding carboxylic acids is 2. The van der Waals surface area contributed by atoms with Crippen LogP contribution in [0, 0.1) is 5.92 Å². The fraction of sp³-hybridized carbons (Fsp3) is 0.800. The van der Waals surface area contributed by atoms with Crippen molar-refractivity contribution in [2.45, 2.75) is 52.7 Å². The highest BCUT2D eigenvalue weighted by atomic mass is 16.6. The molecule has 0 aromatic heterocycles. The summed E-state index contributed by atoms with van der Waals surface area (Å²) < 4.78 is 5.35. The van der Waals surface area contributed by atoms with E-state index in [1.807, 2.05) is 13.8 Å². The molecule has 1 fully saturated rings. The molecule has 1 atom stereocenters. The number of carbonyl (C=O) groups is 3. The van der Waals surface area contributed by atoms with Crippen molar-refractivity contribution < 1.29 is 24.2 Å². The Bertz CT molecular complexity index is 442. The number of carboxylic acids is 1. The maximum atomic E-state index is 12.3. The van der Waals surface area contributed by atoms with Gasteiger partial charge in [-0.1, -0.05) is 13.8 Å². The SMILES string of the molecule is CC(C)C[C@H]1CN(CC(=O)O)C(=O)CN1C(=O)OC(C)(C)C. The Labute approximate surface area is 131 Å². The van der Waals surface area contributed by atoms with Gasteiger partial charge in [0.05, 0.1) is 6.04 Å². The first kappa shape index (κ1) is 18.3. The Kier molecular flexibility index (Phi) is 5.79. The van der Waals surface area contributed by atoms with E-state index in [4.69, 9.17) is 9.84 Å². The lowest BCUT2D eigenvalue weighted by molar-refractivity contribution is -0.148. The van der Waals surface area contributed by atoms with Gasteiger partial charge in [-0.15, -0.1) is 0 Å². The van der Waals surface area contributed by atoms with E-state index >= 15 is 0 Å². The maximum Gasteiger partial charge on any atom is 0.411 e. The molecule has 0 radical (unpaired) electrons. The molecule has 0 aliphatic carbocycles. The first-order valence-electron chi connectivity index (χ1n) is 7.48. The van der Waals surface area contributed by atoms with Gasteiger partial charge in [0.2, 0.25) is 5.91 Å². The summed E-state index contributed by atoms with van der Waals surface area (Å²) in [6.07, 6.45) is 0.157. The Morgan fingerprint density at radius 1 is 1.36 bits per heavy atom. The van der Waals surface area contributed by atoms with Gasteiger partial charge < -0.3 is 14.7 Å². The largest absolute Gasteiger partial charge is 0.480 e. The van der Waals surface area contributed by atoms with Crippen molar-refractivity contribution in [2.24, 2.45) is 5.92 Å². The van der Waals surface area contributed by atoms with Crippen molar-refractivity contribution in [3.05, 3.63) is 0 Å². The molecule has 0 aromatic carbocycles. The Morgan fingerprint density at radius 3 is 2.41 bits per heavy atom. The van der Waals surface area contributed by atoms with Crippen LogP contribution in [0.3, 0.4) is 0 Å². The smallest absolute Gasteiger partial charge is 0.411 e. The first-order valence-corrected chi connectivity index (χ1v) is 7.48. The van der Waals surface area contributed by atoms with E-state index in [2.05, 4.69) is 0 Å². The van der Waals surface area contributed by atoms with Crippen molar-refractivity contribution in [1.82, 2.24) is 9.80 Å². The van der Waals surface area contributed by atoms with Gasteiger partial charge in [0.25, 0.3) is 0 Å². The molecule has 1 heterocycles. The molecule has 0 saturated carbocycles. The molecule has 1 rings (SSSR count). The molecular weight excluding hydrogens is 288 g/mol. The molecule has 0 bridgehead atoms. The summed E-state index contributed by atoms with van der Waals surface area (Å²) in [7, 11) is 0. The molecular formula is C15H26N2O5. The number of ether oxygens (including phenoxy) is 1. The summed E-state index contributed by atoms with van der Waals surface area (Å²) in [6.45, 7) is 9.09. The number of piperazine rings is 1. The molecule has 1 aliphatic heterocycles. The normalized spacial score (nSPS) is 19.5.